The van der Waals surface area contributed by atoms with E-state index in [9.17, 15) is 0 Å². The molecule has 1 aromatic carbocycles. The first-order chi connectivity index (χ1) is 12.0. The maximum atomic E-state index is 5.91. The predicted octanol–water partition coefficient (Wildman–Crippen LogP) is 2.05. The Morgan fingerprint density at radius 3 is 2.64 bits per heavy atom. The standard InChI is InChI=1S/C17H18N8/c1-9-7-11(4-5-12(9)18)8-25-16-15(23-24-25)14(21-17(19)22-16)13-6-3-10(2)20-13/h3-7,20H,8,18H2,1-2H3,(H2,19,21,22). The average molecular weight is 334 g/mol. The molecular weight excluding hydrogens is 316 g/mol. The van der Waals surface area contributed by atoms with Crippen LogP contribution in [0.1, 0.15) is 16.8 Å². The number of nitrogens with zero attached hydrogens (tertiary/aromatic N) is 5. The number of fused-ring (bicyclic) bond motifs is 1. The SMILES string of the molecule is Cc1ccc(-c2nc(N)nc3c2nnn3Cc2ccc(N)c(C)c2)[nH]1. The first-order valence-electron chi connectivity index (χ1n) is 7.89. The van der Waals surface area contributed by atoms with Crippen molar-refractivity contribution < 1.29 is 0 Å². The second-order valence-electron chi connectivity index (χ2n) is 6.10. The molecule has 4 aromatic rings. The molecule has 0 bridgehead atoms. The van der Waals surface area contributed by atoms with Crippen LogP contribution < -0.4 is 11.5 Å². The average Bonchev–Trinajstić information content (AvgIpc) is 3.17. The summed E-state index contributed by atoms with van der Waals surface area (Å²) in [6, 6.07) is 9.80. The van der Waals surface area contributed by atoms with E-state index in [1.807, 2.05) is 44.2 Å². The molecule has 0 aliphatic carbocycles. The minimum Gasteiger partial charge on any atom is -0.399 e. The second kappa shape index (κ2) is 5.59. The molecule has 8 heteroatoms. The van der Waals surface area contributed by atoms with Gasteiger partial charge in [0, 0.05) is 11.4 Å². The quantitative estimate of drug-likeness (QED) is 0.492. The molecule has 0 aliphatic rings. The molecule has 0 unspecified atom stereocenters. The summed E-state index contributed by atoms with van der Waals surface area (Å²) in [5.41, 5.74) is 18.4. The molecule has 0 radical (unpaired) electrons. The summed E-state index contributed by atoms with van der Waals surface area (Å²) in [5.74, 6) is 0.187. The summed E-state index contributed by atoms with van der Waals surface area (Å²) < 4.78 is 1.72. The lowest BCUT2D eigenvalue weighted by Crippen LogP contribution is -2.05. The third kappa shape index (κ3) is 2.67. The van der Waals surface area contributed by atoms with Crippen LogP contribution in [-0.4, -0.2) is 29.9 Å². The van der Waals surface area contributed by atoms with E-state index in [-0.39, 0.29) is 5.95 Å². The summed E-state index contributed by atoms with van der Waals surface area (Å²) in [7, 11) is 0. The van der Waals surface area contributed by atoms with Crippen molar-refractivity contribution in [3.8, 4) is 11.4 Å². The van der Waals surface area contributed by atoms with Gasteiger partial charge >= 0.3 is 0 Å². The highest BCUT2D eigenvalue weighted by molar-refractivity contribution is 5.86. The Bertz CT molecular complexity index is 1080. The number of aryl methyl sites for hydroxylation is 2. The zero-order valence-corrected chi connectivity index (χ0v) is 14.0. The summed E-state index contributed by atoms with van der Waals surface area (Å²) in [4.78, 5) is 11.9. The fraction of sp³-hybridized carbons (Fsp3) is 0.176. The van der Waals surface area contributed by atoms with Gasteiger partial charge in [0.05, 0.1) is 12.2 Å². The van der Waals surface area contributed by atoms with Gasteiger partial charge < -0.3 is 16.5 Å². The molecule has 0 atom stereocenters. The zero-order chi connectivity index (χ0) is 17.6. The minimum absolute atomic E-state index is 0.187. The second-order valence-corrected chi connectivity index (χ2v) is 6.10. The first-order valence-corrected chi connectivity index (χ1v) is 7.89. The number of benzene rings is 1. The fourth-order valence-electron chi connectivity index (χ4n) is 2.82. The van der Waals surface area contributed by atoms with Crippen LogP contribution in [0.25, 0.3) is 22.6 Å². The molecule has 126 valence electrons. The third-order valence-corrected chi connectivity index (χ3v) is 4.13. The van der Waals surface area contributed by atoms with Gasteiger partial charge in [0.2, 0.25) is 5.95 Å². The van der Waals surface area contributed by atoms with E-state index >= 15 is 0 Å². The molecule has 3 heterocycles. The van der Waals surface area contributed by atoms with Crippen molar-refractivity contribution in [3.63, 3.8) is 0 Å². The van der Waals surface area contributed by atoms with E-state index in [4.69, 9.17) is 11.5 Å². The summed E-state index contributed by atoms with van der Waals surface area (Å²) in [6.45, 7) is 4.48. The number of nitrogens with two attached hydrogens (primary N) is 2. The lowest BCUT2D eigenvalue weighted by atomic mass is 10.1. The highest BCUT2D eigenvalue weighted by Gasteiger charge is 2.16. The minimum atomic E-state index is 0.187. The Morgan fingerprint density at radius 2 is 1.92 bits per heavy atom. The fourth-order valence-corrected chi connectivity index (χ4v) is 2.82. The number of aromatic nitrogens is 6. The number of hydrogen-bond acceptors (Lipinski definition) is 6. The van der Waals surface area contributed by atoms with Crippen molar-refractivity contribution in [1.82, 2.24) is 29.9 Å². The Kier molecular flexibility index (Phi) is 3.38. The summed E-state index contributed by atoms with van der Waals surface area (Å²) in [6.07, 6.45) is 0. The van der Waals surface area contributed by atoms with Crippen LogP contribution in [0, 0.1) is 13.8 Å². The number of H-pyrrole nitrogens is 1. The van der Waals surface area contributed by atoms with Crippen molar-refractivity contribution >= 4 is 22.8 Å². The van der Waals surface area contributed by atoms with Crippen LogP contribution >= 0.6 is 0 Å². The van der Waals surface area contributed by atoms with E-state index in [0.717, 1.165) is 28.2 Å². The van der Waals surface area contributed by atoms with E-state index in [1.165, 1.54) is 0 Å². The number of nitrogens with one attached hydrogen (secondary N) is 1. The van der Waals surface area contributed by atoms with Gasteiger partial charge in [-0.2, -0.15) is 4.98 Å². The van der Waals surface area contributed by atoms with Crippen molar-refractivity contribution in [2.45, 2.75) is 20.4 Å². The third-order valence-electron chi connectivity index (χ3n) is 4.13. The Balaban J connectivity index is 1.81. The molecule has 0 fully saturated rings. The summed E-state index contributed by atoms with van der Waals surface area (Å²) >= 11 is 0. The van der Waals surface area contributed by atoms with Crippen molar-refractivity contribution in [2.75, 3.05) is 11.5 Å². The lowest BCUT2D eigenvalue weighted by molar-refractivity contribution is 0.664. The molecule has 3 aromatic heterocycles. The Morgan fingerprint density at radius 1 is 1.08 bits per heavy atom. The van der Waals surface area contributed by atoms with Gasteiger partial charge in [0.25, 0.3) is 0 Å². The van der Waals surface area contributed by atoms with E-state index < -0.39 is 0 Å². The van der Waals surface area contributed by atoms with E-state index in [0.29, 0.717) is 23.4 Å². The maximum Gasteiger partial charge on any atom is 0.222 e. The van der Waals surface area contributed by atoms with Gasteiger partial charge in [-0.05, 0) is 43.2 Å². The van der Waals surface area contributed by atoms with Gasteiger partial charge in [0.15, 0.2) is 11.2 Å². The number of nitrogen functional groups attached to an aromatic ring is 2. The maximum absolute atomic E-state index is 5.91. The van der Waals surface area contributed by atoms with Crippen molar-refractivity contribution in [1.29, 1.82) is 0 Å². The molecule has 25 heavy (non-hydrogen) atoms. The monoisotopic (exact) mass is 334 g/mol. The van der Waals surface area contributed by atoms with Gasteiger partial charge in [-0.3, -0.25) is 0 Å². The van der Waals surface area contributed by atoms with Gasteiger partial charge in [-0.25, -0.2) is 9.67 Å². The van der Waals surface area contributed by atoms with Crippen LogP contribution in [0.15, 0.2) is 30.3 Å². The smallest absolute Gasteiger partial charge is 0.222 e. The number of hydrogen-bond donors (Lipinski definition) is 3. The first kappa shape index (κ1) is 15.1. The summed E-state index contributed by atoms with van der Waals surface area (Å²) in [5, 5.41) is 8.51. The lowest BCUT2D eigenvalue weighted by Gasteiger charge is -2.06. The van der Waals surface area contributed by atoms with Crippen LogP contribution in [0.4, 0.5) is 11.6 Å². The zero-order valence-electron chi connectivity index (χ0n) is 14.0. The van der Waals surface area contributed by atoms with Gasteiger partial charge in [0.1, 0.15) is 5.69 Å². The van der Waals surface area contributed by atoms with Crippen LogP contribution in [0.2, 0.25) is 0 Å². The number of rotatable bonds is 3. The molecule has 0 amide bonds. The molecule has 0 saturated heterocycles. The predicted molar refractivity (Wildman–Crippen MR) is 96.7 cm³/mol. The molecule has 0 aliphatic heterocycles. The van der Waals surface area contributed by atoms with Gasteiger partial charge in [-0.1, -0.05) is 17.3 Å². The molecule has 8 nitrogen and oxygen atoms in total. The van der Waals surface area contributed by atoms with Crippen molar-refractivity contribution in [3.05, 3.63) is 47.2 Å². The number of anilines is 2. The molecule has 0 spiro atoms. The molecular formula is C17H18N8. The topological polar surface area (TPSA) is 124 Å². The Hall–Kier alpha value is -3.42. The Labute approximate surface area is 143 Å². The normalized spacial score (nSPS) is 11.3. The largest absolute Gasteiger partial charge is 0.399 e. The van der Waals surface area contributed by atoms with Crippen LogP contribution in [-0.2, 0) is 6.54 Å². The van der Waals surface area contributed by atoms with Crippen LogP contribution in [0.5, 0.6) is 0 Å². The van der Waals surface area contributed by atoms with Crippen LogP contribution in [0.3, 0.4) is 0 Å². The molecule has 4 rings (SSSR count). The highest BCUT2D eigenvalue weighted by Crippen LogP contribution is 2.25. The van der Waals surface area contributed by atoms with Crippen molar-refractivity contribution in [2.24, 2.45) is 0 Å². The highest BCUT2D eigenvalue weighted by atomic mass is 15.4. The van der Waals surface area contributed by atoms with E-state index in [2.05, 4.69) is 25.3 Å². The molecule has 5 N–H and O–H groups in total. The van der Waals surface area contributed by atoms with Gasteiger partial charge in [-0.15, -0.1) is 5.10 Å². The number of aromatic amines is 1. The van der Waals surface area contributed by atoms with E-state index in [1.54, 1.807) is 4.68 Å². The molecule has 0 saturated carbocycles.